The van der Waals surface area contributed by atoms with Crippen molar-refractivity contribution in [1.29, 1.82) is 0 Å². The molecule has 1 saturated heterocycles. The summed E-state index contributed by atoms with van der Waals surface area (Å²) in [5, 5.41) is 10.6. The van der Waals surface area contributed by atoms with Crippen molar-refractivity contribution in [3.63, 3.8) is 0 Å². The van der Waals surface area contributed by atoms with Gasteiger partial charge in [-0.15, -0.1) is 10.2 Å². The number of amides is 1. The Labute approximate surface area is 161 Å². The number of rotatable bonds is 6. The first-order chi connectivity index (χ1) is 12.9. The lowest BCUT2D eigenvalue weighted by atomic mass is 10.2. The van der Waals surface area contributed by atoms with E-state index in [1.54, 1.807) is 19.1 Å². The lowest BCUT2D eigenvalue weighted by molar-refractivity contribution is -0.113. The fourth-order valence-electron chi connectivity index (χ4n) is 2.48. The summed E-state index contributed by atoms with van der Waals surface area (Å²) in [6, 6.07) is 4.70. The molecule has 0 saturated carbocycles. The van der Waals surface area contributed by atoms with E-state index in [1.165, 1.54) is 21.4 Å². The number of hydrogen-bond acceptors (Lipinski definition) is 8. The van der Waals surface area contributed by atoms with E-state index >= 15 is 0 Å². The Bertz CT molecular complexity index is 924. The van der Waals surface area contributed by atoms with Crippen LogP contribution in [-0.4, -0.2) is 65.6 Å². The number of benzene rings is 1. The van der Waals surface area contributed by atoms with Gasteiger partial charge in [-0.05, 0) is 24.6 Å². The Kier molecular flexibility index (Phi) is 5.99. The van der Waals surface area contributed by atoms with Gasteiger partial charge < -0.3 is 15.9 Å². The summed E-state index contributed by atoms with van der Waals surface area (Å²) in [5.74, 6) is 5.37. The molecule has 27 heavy (non-hydrogen) atoms. The van der Waals surface area contributed by atoms with Gasteiger partial charge in [-0.1, -0.05) is 17.8 Å². The van der Waals surface area contributed by atoms with Gasteiger partial charge in [-0.25, -0.2) is 13.1 Å². The molecule has 0 atom stereocenters. The third-order valence-corrected chi connectivity index (χ3v) is 6.82. The molecule has 0 unspecified atom stereocenters. The normalized spacial score (nSPS) is 15.6. The zero-order valence-electron chi connectivity index (χ0n) is 14.7. The third kappa shape index (κ3) is 4.58. The number of hydrogen-bond donors (Lipinski definition) is 2. The van der Waals surface area contributed by atoms with E-state index in [4.69, 9.17) is 10.6 Å². The molecule has 1 aromatic carbocycles. The van der Waals surface area contributed by atoms with Gasteiger partial charge in [0.1, 0.15) is 6.33 Å². The minimum Gasteiger partial charge on any atom is -0.379 e. The van der Waals surface area contributed by atoms with E-state index in [2.05, 4.69) is 15.5 Å². The second kappa shape index (κ2) is 8.25. The highest BCUT2D eigenvalue weighted by Gasteiger charge is 2.26. The number of carbonyl (C=O) groups excluding carboxylic acids is 1. The number of aryl methyl sites for hydroxylation is 1. The number of aromatic nitrogens is 3. The van der Waals surface area contributed by atoms with Crippen LogP contribution >= 0.6 is 11.8 Å². The van der Waals surface area contributed by atoms with Gasteiger partial charge in [0.2, 0.25) is 21.1 Å². The van der Waals surface area contributed by atoms with E-state index in [0.717, 1.165) is 17.3 Å². The average molecular weight is 412 g/mol. The predicted molar refractivity (Wildman–Crippen MR) is 100 cm³/mol. The molecule has 1 aliphatic heterocycles. The third-order valence-electron chi connectivity index (χ3n) is 3.96. The minimum atomic E-state index is -3.63. The summed E-state index contributed by atoms with van der Waals surface area (Å²) in [7, 11) is -3.63. The van der Waals surface area contributed by atoms with Crippen LogP contribution in [0.5, 0.6) is 0 Å². The minimum absolute atomic E-state index is 0.0653. The second-order valence-electron chi connectivity index (χ2n) is 5.85. The lowest BCUT2D eigenvalue weighted by Gasteiger charge is -2.26. The van der Waals surface area contributed by atoms with Gasteiger partial charge >= 0.3 is 0 Å². The summed E-state index contributed by atoms with van der Waals surface area (Å²) >= 11 is 1.13. The molecule has 2 heterocycles. The zero-order valence-corrected chi connectivity index (χ0v) is 16.3. The predicted octanol–water partition coefficient (Wildman–Crippen LogP) is 0.0520. The van der Waals surface area contributed by atoms with Crippen LogP contribution in [0.3, 0.4) is 0 Å². The highest BCUT2D eigenvalue weighted by atomic mass is 32.2. The lowest BCUT2D eigenvalue weighted by Crippen LogP contribution is -2.40. The molecule has 2 aromatic rings. The van der Waals surface area contributed by atoms with E-state index < -0.39 is 10.0 Å². The van der Waals surface area contributed by atoms with Gasteiger partial charge in [0.15, 0.2) is 0 Å². The van der Waals surface area contributed by atoms with E-state index in [1.807, 2.05) is 0 Å². The molecule has 1 aromatic heterocycles. The van der Waals surface area contributed by atoms with Crippen molar-refractivity contribution in [3.8, 4) is 0 Å². The summed E-state index contributed by atoms with van der Waals surface area (Å²) in [6.07, 6.45) is 1.34. The number of nitrogens with one attached hydrogen (secondary N) is 1. The Morgan fingerprint density at radius 2 is 2.11 bits per heavy atom. The molecule has 1 fully saturated rings. The number of sulfonamides is 1. The Morgan fingerprint density at radius 3 is 2.78 bits per heavy atom. The maximum absolute atomic E-state index is 12.8. The highest BCUT2D eigenvalue weighted by Crippen LogP contribution is 2.24. The van der Waals surface area contributed by atoms with Crippen LogP contribution in [0.2, 0.25) is 0 Å². The largest absolute Gasteiger partial charge is 0.379 e. The maximum atomic E-state index is 12.8. The Morgan fingerprint density at radius 1 is 1.37 bits per heavy atom. The first-order valence-electron chi connectivity index (χ1n) is 8.14. The number of nitrogens with zero attached hydrogens (tertiary/aromatic N) is 4. The molecule has 0 bridgehead atoms. The van der Waals surface area contributed by atoms with Crippen LogP contribution in [0, 0.1) is 6.92 Å². The average Bonchev–Trinajstić information content (AvgIpc) is 3.07. The highest BCUT2D eigenvalue weighted by molar-refractivity contribution is 7.99. The van der Waals surface area contributed by atoms with Crippen LogP contribution in [0.4, 0.5) is 5.69 Å². The van der Waals surface area contributed by atoms with Crippen molar-refractivity contribution in [2.45, 2.75) is 17.0 Å². The van der Waals surface area contributed by atoms with E-state index in [-0.39, 0.29) is 16.6 Å². The summed E-state index contributed by atoms with van der Waals surface area (Å²) in [5.41, 5.74) is 1.21. The molecule has 3 rings (SSSR count). The van der Waals surface area contributed by atoms with E-state index in [0.29, 0.717) is 37.1 Å². The topological polar surface area (TPSA) is 132 Å². The number of anilines is 1. The Balaban J connectivity index is 1.71. The van der Waals surface area contributed by atoms with Crippen LogP contribution in [0.25, 0.3) is 0 Å². The molecule has 1 aliphatic rings. The van der Waals surface area contributed by atoms with E-state index in [9.17, 15) is 13.2 Å². The van der Waals surface area contributed by atoms with Gasteiger partial charge in [-0.2, -0.15) is 4.31 Å². The SMILES string of the molecule is Cc1ccc(S(=O)(=O)N2CCOCC2)cc1NC(=O)CSc1nncn1N. The van der Waals surface area contributed by atoms with Crippen LogP contribution < -0.4 is 11.2 Å². The van der Waals surface area contributed by atoms with Gasteiger partial charge in [-0.3, -0.25) is 4.79 Å². The number of thioether (sulfide) groups is 1. The molecule has 0 spiro atoms. The molecule has 0 aliphatic carbocycles. The summed E-state index contributed by atoms with van der Waals surface area (Å²) in [4.78, 5) is 12.4. The molecular formula is C15H20N6O4S2. The summed E-state index contributed by atoms with van der Waals surface area (Å²) in [6.45, 7) is 3.17. The molecule has 12 heteroatoms. The Hall–Kier alpha value is -2.15. The quantitative estimate of drug-likeness (QED) is 0.502. The van der Waals surface area contributed by atoms with Crippen molar-refractivity contribution in [1.82, 2.24) is 19.2 Å². The number of ether oxygens (including phenoxy) is 1. The molecule has 10 nitrogen and oxygen atoms in total. The van der Waals surface area contributed by atoms with Crippen LogP contribution in [0.1, 0.15) is 5.56 Å². The van der Waals surface area contributed by atoms with Crippen molar-refractivity contribution >= 4 is 33.4 Å². The monoisotopic (exact) mass is 412 g/mol. The first-order valence-corrected chi connectivity index (χ1v) is 10.6. The van der Waals surface area contributed by atoms with Crippen molar-refractivity contribution in [3.05, 3.63) is 30.1 Å². The number of carbonyl (C=O) groups is 1. The van der Waals surface area contributed by atoms with Gasteiger partial charge in [0.25, 0.3) is 0 Å². The molecule has 146 valence electrons. The van der Waals surface area contributed by atoms with Crippen LogP contribution in [-0.2, 0) is 19.6 Å². The second-order valence-corrected chi connectivity index (χ2v) is 8.73. The first kappa shape index (κ1) is 19.6. The molecule has 1 amide bonds. The van der Waals surface area contributed by atoms with Crippen molar-refractivity contribution in [2.75, 3.05) is 43.2 Å². The fourth-order valence-corrected chi connectivity index (χ4v) is 4.55. The number of morpholine rings is 1. The standard InChI is InChI=1S/C15H20N6O4S2/c1-11-2-3-12(27(23,24)20-4-6-25-7-5-20)8-13(11)18-14(22)9-26-15-19-17-10-21(15)16/h2-3,8,10H,4-7,9,16H2,1H3,(H,18,22). The van der Waals surface area contributed by atoms with Crippen molar-refractivity contribution in [2.24, 2.45) is 0 Å². The maximum Gasteiger partial charge on any atom is 0.243 e. The number of nitrogens with two attached hydrogens (primary N) is 1. The smallest absolute Gasteiger partial charge is 0.243 e. The van der Waals surface area contributed by atoms with Crippen molar-refractivity contribution < 1.29 is 17.9 Å². The number of nitrogen functional groups attached to an aromatic ring is 1. The van der Waals surface area contributed by atoms with Crippen LogP contribution in [0.15, 0.2) is 34.6 Å². The molecular weight excluding hydrogens is 392 g/mol. The summed E-state index contributed by atoms with van der Waals surface area (Å²) < 4.78 is 33.4. The zero-order chi connectivity index (χ0) is 19.4. The molecule has 3 N–H and O–H groups in total. The van der Waals surface area contributed by atoms with Gasteiger partial charge in [0, 0.05) is 18.8 Å². The molecule has 0 radical (unpaired) electrons. The van der Waals surface area contributed by atoms with Gasteiger partial charge in [0.05, 0.1) is 23.9 Å². The fraction of sp³-hybridized carbons (Fsp3) is 0.400.